The SMILES string of the molecule is CCNC(=NCc1ccc(CN2CCN(C)CC2)cc1)NCc1cc(C(C)C)no1. The van der Waals surface area contributed by atoms with E-state index in [1.54, 1.807) is 0 Å². The molecule has 7 nitrogen and oxygen atoms in total. The van der Waals surface area contributed by atoms with Crippen molar-refractivity contribution in [2.24, 2.45) is 4.99 Å². The first-order valence-corrected chi connectivity index (χ1v) is 11.0. The summed E-state index contributed by atoms with van der Waals surface area (Å²) in [7, 11) is 2.19. The predicted molar refractivity (Wildman–Crippen MR) is 121 cm³/mol. The molecule has 3 rings (SSSR count). The van der Waals surface area contributed by atoms with E-state index in [4.69, 9.17) is 9.52 Å². The normalized spacial score (nSPS) is 16.2. The highest BCUT2D eigenvalue weighted by atomic mass is 16.5. The Morgan fingerprint density at radius 1 is 1.10 bits per heavy atom. The molecule has 1 aliphatic rings. The monoisotopic (exact) mass is 412 g/mol. The molecule has 30 heavy (non-hydrogen) atoms. The molecule has 0 amide bonds. The van der Waals surface area contributed by atoms with Gasteiger partial charge in [0, 0.05) is 45.3 Å². The van der Waals surface area contributed by atoms with Crippen LogP contribution in [0.2, 0.25) is 0 Å². The Kier molecular flexibility index (Phi) is 8.28. The van der Waals surface area contributed by atoms with Gasteiger partial charge < -0.3 is 20.1 Å². The fraction of sp³-hybridized carbons (Fsp3) is 0.565. The van der Waals surface area contributed by atoms with Gasteiger partial charge in [-0.2, -0.15) is 0 Å². The second kappa shape index (κ2) is 11.1. The van der Waals surface area contributed by atoms with E-state index >= 15 is 0 Å². The van der Waals surface area contributed by atoms with Crippen molar-refractivity contribution < 1.29 is 4.52 Å². The lowest BCUT2D eigenvalue weighted by atomic mass is 10.1. The highest BCUT2D eigenvalue weighted by Crippen LogP contribution is 2.14. The minimum absolute atomic E-state index is 0.364. The van der Waals surface area contributed by atoms with Crippen LogP contribution in [0, 0.1) is 0 Å². The maximum atomic E-state index is 5.40. The van der Waals surface area contributed by atoms with Gasteiger partial charge in [-0.25, -0.2) is 4.99 Å². The molecule has 0 spiro atoms. The Hall–Kier alpha value is -2.38. The number of rotatable bonds is 8. The Labute approximate surface area is 180 Å². The molecule has 0 unspecified atom stereocenters. The van der Waals surface area contributed by atoms with E-state index < -0.39 is 0 Å². The highest BCUT2D eigenvalue weighted by molar-refractivity contribution is 5.79. The Morgan fingerprint density at radius 2 is 1.80 bits per heavy atom. The zero-order valence-corrected chi connectivity index (χ0v) is 18.8. The number of guanidine groups is 1. The summed E-state index contributed by atoms with van der Waals surface area (Å²) in [6.07, 6.45) is 0. The summed E-state index contributed by atoms with van der Waals surface area (Å²) in [5, 5.41) is 10.7. The van der Waals surface area contributed by atoms with Crippen molar-refractivity contribution in [3.63, 3.8) is 0 Å². The van der Waals surface area contributed by atoms with Crippen molar-refractivity contribution in [1.82, 2.24) is 25.6 Å². The summed E-state index contributed by atoms with van der Waals surface area (Å²) in [4.78, 5) is 9.62. The fourth-order valence-electron chi connectivity index (χ4n) is 3.38. The van der Waals surface area contributed by atoms with Gasteiger partial charge in [-0.05, 0) is 31.0 Å². The van der Waals surface area contributed by atoms with E-state index in [1.807, 2.05) is 6.07 Å². The number of aromatic nitrogens is 1. The lowest BCUT2D eigenvalue weighted by Crippen LogP contribution is -2.43. The quantitative estimate of drug-likeness (QED) is 0.513. The molecule has 2 aromatic rings. The summed E-state index contributed by atoms with van der Waals surface area (Å²) in [5.41, 5.74) is 3.55. The topological polar surface area (TPSA) is 68.9 Å². The van der Waals surface area contributed by atoms with Gasteiger partial charge in [-0.15, -0.1) is 0 Å². The molecule has 1 saturated heterocycles. The van der Waals surface area contributed by atoms with Crippen molar-refractivity contribution in [2.45, 2.75) is 46.3 Å². The maximum absolute atomic E-state index is 5.40. The predicted octanol–water partition coefficient (Wildman–Crippen LogP) is 2.80. The second-order valence-corrected chi connectivity index (χ2v) is 8.32. The summed E-state index contributed by atoms with van der Waals surface area (Å²) < 4.78 is 5.40. The molecule has 1 fully saturated rings. The molecular weight excluding hydrogens is 376 g/mol. The molecule has 164 valence electrons. The number of aliphatic imine (C=N–C) groups is 1. The minimum Gasteiger partial charge on any atom is -0.359 e. The molecule has 0 bridgehead atoms. The van der Waals surface area contributed by atoms with E-state index in [1.165, 1.54) is 11.1 Å². The number of hydrogen-bond acceptors (Lipinski definition) is 5. The number of likely N-dealkylation sites (N-methyl/N-ethyl adjacent to an activating group) is 1. The smallest absolute Gasteiger partial charge is 0.191 e. The first kappa shape index (κ1) is 22.3. The lowest BCUT2D eigenvalue weighted by Gasteiger charge is -2.32. The zero-order chi connectivity index (χ0) is 21.3. The standard InChI is InChI=1S/C23H36N6O/c1-5-24-23(26-16-21-14-22(18(2)3)27-30-21)25-15-19-6-8-20(9-7-19)17-29-12-10-28(4)11-13-29/h6-9,14,18H,5,10-13,15-17H2,1-4H3,(H2,24,25,26). The summed E-state index contributed by atoms with van der Waals surface area (Å²) >= 11 is 0. The van der Waals surface area contributed by atoms with Crippen molar-refractivity contribution in [3.05, 3.63) is 52.9 Å². The molecule has 1 aliphatic heterocycles. The average Bonchev–Trinajstić information content (AvgIpc) is 3.22. The maximum Gasteiger partial charge on any atom is 0.191 e. The van der Waals surface area contributed by atoms with Gasteiger partial charge in [-0.1, -0.05) is 43.3 Å². The fourth-order valence-corrected chi connectivity index (χ4v) is 3.38. The van der Waals surface area contributed by atoms with E-state index in [9.17, 15) is 0 Å². The summed E-state index contributed by atoms with van der Waals surface area (Å²) in [5.74, 6) is 1.96. The van der Waals surface area contributed by atoms with Gasteiger partial charge in [0.25, 0.3) is 0 Å². The van der Waals surface area contributed by atoms with Gasteiger partial charge >= 0.3 is 0 Å². The highest BCUT2D eigenvalue weighted by Gasteiger charge is 2.13. The Bertz CT molecular complexity index is 790. The molecule has 2 heterocycles. The number of piperazine rings is 1. The van der Waals surface area contributed by atoms with Crippen LogP contribution in [0.15, 0.2) is 39.8 Å². The first-order chi connectivity index (χ1) is 14.5. The van der Waals surface area contributed by atoms with Gasteiger partial charge in [0.15, 0.2) is 11.7 Å². The number of benzene rings is 1. The molecule has 0 atom stereocenters. The molecule has 0 aliphatic carbocycles. The number of nitrogens with one attached hydrogen (secondary N) is 2. The zero-order valence-electron chi connectivity index (χ0n) is 18.8. The third-order valence-corrected chi connectivity index (χ3v) is 5.39. The van der Waals surface area contributed by atoms with Crippen molar-refractivity contribution in [3.8, 4) is 0 Å². The van der Waals surface area contributed by atoms with Crippen LogP contribution in [0.1, 0.15) is 49.3 Å². The van der Waals surface area contributed by atoms with Crippen LogP contribution in [0.25, 0.3) is 0 Å². The minimum atomic E-state index is 0.364. The molecular formula is C23H36N6O. The lowest BCUT2D eigenvalue weighted by molar-refractivity contribution is 0.148. The third-order valence-electron chi connectivity index (χ3n) is 5.39. The van der Waals surface area contributed by atoms with Gasteiger partial charge in [0.2, 0.25) is 0 Å². The summed E-state index contributed by atoms with van der Waals surface area (Å²) in [6.45, 7) is 13.9. The third kappa shape index (κ3) is 6.85. The van der Waals surface area contributed by atoms with Crippen molar-refractivity contribution >= 4 is 5.96 Å². The van der Waals surface area contributed by atoms with E-state index in [0.29, 0.717) is 19.0 Å². The van der Waals surface area contributed by atoms with Crippen LogP contribution in [-0.2, 0) is 19.6 Å². The molecule has 0 radical (unpaired) electrons. The largest absolute Gasteiger partial charge is 0.359 e. The molecule has 7 heteroatoms. The second-order valence-electron chi connectivity index (χ2n) is 8.32. The molecule has 1 aromatic carbocycles. The number of nitrogens with zero attached hydrogens (tertiary/aromatic N) is 4. The molecule has 1 aromatic heterocycles. The van der Waals surface area contributed by atoms with Crippen LogP contribution < -0.4 is 10.6 Å². The van der Waals surface area contributed by atoms with Crippen LogP contribution in [0.5, 0.6) is 0 Å². The first-order valence-electron chi connectivity index (χ1n) is 11.0. The Balaban J connectivity index is 1.50. The van der Waals surface area contributed by atoms with Gasteiger partial charge in [-0.3, -0.25) is 4.90 Å². The molecule has 2 N–H and O–H groups in total. The van der Waals surface area contributed by atoms with Crippen molar-refractivity contribution in [1.29, 1.82) is 0 Å². The van der Waals surface area contributed by atoms with Gasteiger partial charge in [0.05, 0.1) is 18.8 Å². The van der Waals surface area contributed by atoms with Gasteiger partial charge in [0.1, 0.15) is 0 Å². The summed E-state index contributed by atoms with van der Waals surface area (Å²) in [6, 6.07) is 10.8. The van der Waals surface area contributed by atoms with Crippen LogP contribution in [0.4, 0.5) is 0 Å². The Morgan fingerprint density at radius 3 is 2.43 bits per heavy atom. The van der Waals surface area contributed by atoms with Crippen molar-refractivity contribution in [2.75, 3.05) is 39.8 Å². The molecule has 0 saturated carbocycles. The van der Waals surface area contributed by atoms with Crippen LogP contribution >= 0.6 is 0 Å². The van der Waals surface area contributed by atoms with Crippen LogP contribution in [-0.4, -0.2) is 60.7 Å². The van der Waals surface area contributed by atoms with E-state index in [0.717, 1.165) is 56.7 Å². The number of hydrogen-bond donors (Lipinski definition) is 2. The van der Waals surface area contributed by atoms with E-state index in [2.05, 4.69) is 77.7 Å². The van der Waals surface area contributed by atoms with E-state index in [-0.39, 0.29) is 0 Å². The average molecular weight is 413 g/mol. The van der Waals surface area contributed by atoms with Crippen LogP contribution in [0.3, 0.4) is 0 Å².